The zero-order valence-electron chi connectivity index (χ0n) is 15.7. The minimum absolute atomic E-state index is 0.189. The molecule has 27 heavy (non-hydrogen) atoms. The summed E-state index contributed by atoms with van der Waals surface area (Å²) in [4.78, 5) is 17.0. The summed E-state index contributed by atoms with van der Waals surface area (Å²) in [5.74, 6) is 1.70. The van der Waals surface area contributed by atoms with Crippen LogP contribution < -0.4 is 19.5 Å². The van der Waals surface area contributed by atoms with E-state index < -0.39 is 0 Å². The lowest BCUT2D eigenvalue weighted by molar-refractivity contribution is 0.0953. The normalized spacial score (nSPS) is 10.6. The number of rotatable bonds is 8. The summed E-state index contributed by atoms with van der Waals surface area (Å²) in [6, 6.07) is 8.90. The molecule has 0 unspecified atom stereocenters. The van der Waals surface area contributed by atoms with E-state index in [-0.39, 0.29) is 5.91 Å². The molecule has 2 heterocycles. The van der Waals surface area contributed by atoms with Gasteiger partial charge in [-0.1, -0.05) is 0 Å². The van der Waals surface area contributed by atoms with E-state index in [9.17, 15) is 4.79 Å². The summed E-state index contributed by atoms with van der Waals surface area (Å²) < 4.78 is 17.9. The molecule has 0 radical (unpaired) electrons. The molecule has 3 rings (SSSR count). The van der Waals surface area contributed by atoms with Crippen LogP contribution in [0.3, 0.4) is 0 Å². The zero-order chi connectivity index (χ0) is 19.2. The molecular formula is C20H23N3O4. The standard InChI is InChI=1S/C20H23N3O4/c1-4-27-18-6-5-9-23-13-15(22-19(18)23)7-8-21-20(24)14-10-16(25-2)12-17(11-14)26-3/h5-6,9-13H,4,7-8H2,1-3H3,(H,21,24). The number of aromatic nitrogens is 2. The van der Waals surface area contributed by atoms with E-state index in [1.54, 1.807) is 32.4 Å². The molecule has 2 aromatic heterocycles. The number of hydrogen-bond acceptors (Lipinski definition) is 5. The van der Waals surface area contributed by atoms with E-state index in [4.69, 9.17) is 14.2 Å². The molecule has 142 valence electrons. The van der Waals surface area contributed by atoms with Gasteiger partial charge < -0.3 is 23.9 Å². The molecule has 0 bridgehead atoms. The molecule has 1 aromatic carbocycles. The number of benzene rings is 1. The molecule has 7 nitrogen and oxygen atoms in total. The number of ether oxygens (including phenoxy) is 3. The van der Waals surface area contributed by atoms with Crippen molar-refractivity contribution in [3.63, 3.8) is 0 Å². The van der Waals surface area contributed by atoms with Crippen LogP contribution in [-0.2, 0) is 6.42 Å². The first kappa shape index (κ1) is 18.6. The highest BCUT2D eigenvalue weighted by Crippen LogP contribution is 2.22. The molecule has 3 aromatic rings. The van der Waals surface area contributed by atoms with Crippen LogP contribution in [0.15, 0.2) is 42.7 Å². The van der Waals surface area contributed by atoms with Gasteiger partial charge in [0.2, 0.25) is 0 Å². The molecule has 0 aliphatic rings. The van der Waals surface area contributed by atoms with Crippen LogP contribution in [0.2, 0.25) is 0 Å². The second-order valence-electron chi connectivity index (χ2n) is 5.88. The first-order chi connectivity index (χ1) is 13.1. The van der Waals surface area contributed by atoms with Crippen molar-refractivity contribution >= 4 is 11.6 Å². The van der Waals surface area contributed by atoms with Gasteiger partial charge in [-0.05, 0) is 31.2 Å². The summed E-state index contributed by atoms with van der Waals surface area (Å²) in [7, 11) is 3.10. The highest BCUT2D eigenvalue weighted by atomic mass is 16.5. The summed E-state index contributed by atoms with van der Waals surface area (Å²) in [5.41, 5.74) is 2.14. The Morgan fingerprint density at radius 2 is 1.93 bits per heavy atom. The number of fused-ring (bicyclic) bond motifs is 1. The maximum Gasteiger partial charge on any atom is 0.251 e. The van der Waals surface area contributed by atoms with E-state index in [1.165, 1.54) is 0 Å². The topological polar surface area (TPSA) is 74.1 Å². The lowest BCUT2D eigenvalue weighted by Gasteiger charge is -2.09. The minimum atomic E-state index is -0.189. The highest BCUT2D eigenvalue weighted by molar-refractivity contribution is 5.95. The van der Waals surface area contributed by atoms with Crippen molar-refractivity contribution in [2.75, 3.05) is 27.4 Å². The quantitative estimate of drug-likeness (QED) is 0.661. The Labute approximate surface area is 157 Å². The Balaban J connectivity index is 1.65. The Morgan fingerprint density at radius 1 is 1.19 bits per heavy atom. The van der Waals surface area contributed by atoms with Gasteiger partial charge in [-0.15, -0.1) is 0 Å². The molecular weight excluding hydrogens is 346 g/mol. The third-order valence-electron chi connectivity index (χ3n) is 4.08. The summed E-state index contributed by atoms with van der Waals surface area (Å²) in [5, 5.41) is 2.90. The van der Waals surface area contributed by atoms with Crippen molar-refractivity contribution in [3.05, 3.63) is 54.0 Å². The maximum absolute atomic E-state index is 12.4. The lowest BCUT2D eigenvalue weighted by Crippen LogP contribution is -2.25. The van der Waals surface area contributed by atoms with Gasteiger partial charge in [0.25, 0.3) is 5.91 Å². The van der Waals surface area contributed by atoms with Gasteiger partial charge in [-0.2, -0.15) is 0 Å². The van der Waals surface area contributed by atoms with Crippen molar-refractivity contribution in [2.45, 2.75) is 13.3 Å². The zero-order valence-corrected chi connectivity index (χ0v) is 15.7. The highest BCUT2D eigenvalue weighted by Gasteiger charge is 2.11. The molecule has 0 atom stereocenters. The predicted molar refractivity (Wildman–Crippen MR) is 102 cm³/mol. The number of nitrogens with one attached hydrogen (secondary N) is 1. The van der Waals surface area contributed by atoms with E-state index in [1.807, 2.05) is 35.9 Å². The SMILES string of the molecule is CCOc1cccn2cc(CCNC(=O)c3cc(OC)cc(OC)c3)nc12. The van der Waals surface area contributed by atoms with Crippen LogP contribution in [0, 0.1) is 0 Å². The number of methoxy groups -OCH3 is 2. The van der Waals surface area contributed by atoms with Gasteiger partial charge in [-0.25, -0.2) is 4.98 Å². The molecule has 0 fully saturated rings. The first-order valence-corrected chi connectivity index (χ1v) is 8.75. The third kappa shape index (κ3) is 4.31. The number of imidazole rings is 1. The average Bonchev–Trinajstić information content (AvgIpc) is 3.11. The van der Waals surface area contributed by atoms with Gasteiger partial charge in [0.15, 0.2) is 11.4 Å². The van der Waals surface area contributed by atoms with Crippen LogP contribution in [0.25, 0.3) is 5.65 Å². The number of amides is 1. The molecule has 0 aliphatic carbocycles. The summed E-state index contributed by atoms with van der Waals surface area (Å²) in [6.07, 6.45) is 4.48. The maximum atomic E-state index is 12.4. The molecule has 0 aliphatic heterocycles. The largest absolute Gasteiger partial charge is 0.497 e. The van der Waals surface area contributed by atoms with Gasteiger partial charge in [-0.3, -0.25) is 4.79 Å². The van der Waals surface area contributed by atoms with Crippen LogP contribution in [0.4, 0.5) is 0 Å². The van der Waals surface area contributed by atoms with Gasteiger partial charge in [0.05, 0.1) is 26.5 Å². The number of carbonyl (C=O) groups excluding carboxylic acids is 1. The average molecular weight is 369 g/mol. The fourth-order valence-electron chi connectivity index (χ4n) is 2.77. The van der Waals surface area contributed by atoms with E-state index in [2.05, 4.69) is 10.3 Å². The van der Waals surface area contributed by atoms with E-state index in [0.29, 0.717) is 36.6 Å². The first-order valence-electron chi connectivity index (χ1n) is 8.75. The monoisotopic (exact) mass is 369 g/mol. The van der Waals surface area contributed by atoms with Gasteiger partial charge in [0.1, 0.15) is 11.5 Å². The number of nitrogens with zero attached hydrogens (tertiary/aromatic N) is 2. The van der Waals surface area contributed by atoms with Crippen molar-refractivity contribution < 1.29 is 19.0 Å². The fraction of sp³-hybridized carbons (Fsp3) is 0.300. The lowest BCUT2D eigenvalue weighted by atomic mass is 10.2. The van der Waals surface area contributed by atoms with Crippen molar-refractivity contribution in [2.24, 2.45) is 0 Å². The van der Waals surface area contributed by atoms with Gasteiger partial charge >= 0.3 is 0 Å². The van der Waals surface area contributed by atoms with Gasteiger partial charge in [0, 0.05) is 37.0 Å². The molecule has 7 heteroatoms. The second-order valence-corrected chi connectivity index (χ2v) is 5.88. The number of carbonyl (C=O) groups is 1. The fourth-order valence-corrected chi connectivity index (χ4v) is 2.77. The summed E-state index contributed by atoms with van der Waals surface area (Å²) >= 11 is 0. The van der Waals surface area contributed by atoms with Crippen molar-refractivity contribution in [1.29, 1.82) is 0 Å². The van der Waals surface area contributed by atoms with Crippen LogP contribution in [0.1, 0.15) is 23.0 Å². The van der Waals surface area contributed by atoms with Crippen molar-refractivity contribution in [1.82, 2.24) is 14.7 Å². The Bertz CT molecular complexity index is 914. The Hall–Kier alpha value is -3.22. The second kappa shape index (κ2) is 8.44. The van der Waals surface area contributed by atoms with Crippen molar-refractivity contribution in [3.8, 4) is 17.2 Å². The Morgan fingerprint density at radius 3 is 2.59 bits per heavy atom. The molecule has 1 amide bonds. The summed E-state index contributed by atoms with van der Waals surface area (Å²) in [6.45, 7) is 2.99. The number of hydrogen-bond donors (Lipinski definition) is 1. The Kier molecular flexibility index (Phi) is 5.80. The predicted octanol–water partition coefficient (Wildman–Crippen LogP) is 2.72. The smallest absolute Gasteiger partial charge is 0.251 e. The van der Waals surface area contributed by atoms with E-state index in [0.717, 1.165) is 17.1 Å². The van der Waals surface area contributed by atoms with Crippen LogP contribution >= 0.6 is 0 Å². The molecule has 0 spiro atoms. The molecule has 1 N–H and O–H groups in total. The molecule has 0 saturated carbocycles. The van der Waals surface area contributed by atoms with E-state index >= 15 is 0 Å². The van der Waals surface area contributed by atoms with Crippen LogP contribution in [-0.4, -0.2) is 42.7 Å². The molecule has 0 saturated heterocycles. The number of pyridine rings is 1. The minimum Gasteiger partial charge on any atom is -0.497 e. The third-order valence-corrected chi connectivity index (χ3v) is 4.08. The van der Waals surface area contributed by atoms with Crippen LogP contribution in [0.5, 0.6) is 17.2 Å².